The Hall–Kier alpha value is -1.36. The molecule has 0 saturated heterocycles. The first kappa shape index (κ1) is 12.7. The van der Waals surface area contributed by atoms with Crippen LogP contribution in [0.15, 0.2) is 4.42 Å². The maximum Gasteiger partial charge on any atom is 0.304 e. The van der Waals surface area contributed by atoms with Gasteiger partial charge in [0.1, 0.15) is 5.76 Å². The van der Waals surface area contributed by atoms with Gasteiger partial charge in [-0.25, -0.2) is 4.98 Å². The van der Waals surface area contributed by atoms with Gasteiger partial charge in [0.15, 0.2) is 0 Å². The fourth-order valence-electron chi connectivity index (χ4n) is 1.40. The van der Waals surface area contributed by atoms with Crippen molar-refractivity contribution >= 4 is 5.97 Å². The molecule has 0 radical (unpaired) electrons. The molecule has 0 aliphatic heterocycles. The lowest BCUT2D eigenvalue weighted by molar-refractivity contribution is -0.137. The smallest absolute Gasteiger partial charge is 0.304 e. The summed E-state index contributed by atoms with van der Waals surface area (Å²) in [5.41, 5.74) is 0.893. The van der Waals surface area contributed by atoms with E-state index in [0.29, 0.717) is 19.0 Å². The Kier molecular flexibility index (Phi) is 4.49. The van der Waals surface area contributed by atoms with Crippen LogP contribution in [0, 0.1) is 13.8 Å². The van der Waals surface area contributed by atoms with E-state index in [4.69, 9.17) is 9.52 Å². The summed E-state index contributed by atoms with van der Waals surface area (Å²) in [6.07, 6.45) is 0.145. The van der Waals surface area contributed by atoms with E-state index >= 15 is 0 Å². The number of carboxylic acid groups (broad SMARTS) is 1. The van der Waals surface area contributed by atoms with Gasteiger partial charge in [-0.1, -0.05) is 6.92 Å². The molecule has 1 aromatic heterocycles. The molecule has 5 nitrogen and oxygen atoms in total. The molecule has 0 aromatic carbocycles. The number of aryl methyl sites for hydroxylation is 2. The second-order valence-corrected chi connectivity index (χ2v) is 3.76. The van der Waals surface area contributed by atoms with Crippen LogP contribution in [0.3, 0.4) is 0 Å². The minimum Gasteiger partial charge on any atom is -0.481 e. The molecular formula is C11H18N2O3. The highest BCUT2D eigenvalue weighted by molar-refractivity contribution is 5.66. The predicted octanol–water partition coefficient (Wildman–Crippen LogP) is 1.59. The fourth-order valence-corrected chi connectivity index (χ4v) is 1.40. The van der Waals surface area contributed by atoms with Crippen LogP contribution >= 0.6 is 0 Å². The molecule has 0 fully saturated rings. The molecule has 1 rings (SSSR count). The maximum atomic E-state index is 10.5. The number of oxazole rings is 1. The Morgan fingerprint density at radius 3 is 2.62 bits per heavy atom. The number of rotatable bonds is 6. The van der Waals surface area contributed by atoms with Crippen LogP contribution in [0.25, 0.3) is 0 Å². The molecule has 0 amide bonds. The second kappa shape index (κ2) is 5.65. The highest BCUT2D eigenvalue weighted by atomic mass is 16.4. The first-order chi connectivity index (χ1) is 7.52. The first-order valence-corrected chi connectivity index (χ1v) is 5.40. The highest BCUT2D eigenvalue weighted by Gasteiger charge is 2.11. The van der Waals surface area contributed by atoms with Crippen LogP contribution in [-0.4, -0.2) is 34.0 Å². The largest absolute Gasteiger partial charge is 0.481 e. The molecule has 0 atom stereocenters. The summed E-state index contributed by atoms with van der Waals surface area (Å²) < 4.78 is 5.45. The van der Waals surface area contributed by atoms with Crippen LogP contribution in [0.1, 0.15) is 30.7 Å². The molecule has 5 heteroatoms. The molecule has 1 heterocycles. The quantitative estimate of drug-likeness (QED) is 0.797. The molecule has 0 unspecified atom stereocenters. The molecule has 1 aromatic rings. The molecule has 90 valence electrons. The lowest BCUT2D eigenvalue weighted by atomic mass is 10.3. The molecule has 1 N–H and O–H groups in total. The van der Waals surface area contributed by atoms with Gasteiger partial charge in [-0.15, -0.1) is 0 Å². The second-order valence-electron chi connectivity index (χ2n) is 3.76. The number of nitrogens with zero attached hydrogens (tertiary/aromatic N) is 2. The lowest BCUT2D eigenvalue weighted by Crippen LogP contribution is -2.25. The Morgan fingerprint density at radius 1 is 1.50 bits per heavy atom. The van der Waals surface area contributed by atoms with Gasteiger partial charge in [0.25, 0.3) is 0 Å². The van der Waals surface area contributed by atoms with E-state index in [9.17, 15) is 4.79 Å². The molecule has 16 heavy (non-hydrogen) atoms. The van der Waals surface area contributed by atoms with E-state index in [1.807, 2.05) is 25.7 Å². The standard InChI is InChI=1S/C11H18N2O3/c1-4-13(6-5-11(14)15)7-10-12-8(2)9(3)16-10/h4-7H2,1-3H3,(H,14,15). The van der Waals surface area contributed by atoms with Gasteiger partial charge in [0.2, 0.25) is 5.89 Å². The summed E-state index contributed by atoms with van der Waals surface area (Å²) in [5, 5.41) is 8.61. The van der Waals surface area contributed by atoms with Crippen LogP contribution in [0.4, 0.5) is 0 Å². The van der Waals surface area contributed by atoms with E-state index in [-0.39, 0.29) is 6.42 Å². The van der Waals surface area contributed by atoms with E-state index in [1.165, 1.54) is 0 Å². The van der Waals surface area contributed by atoms with Crippen molar-refractivity contribution < 1.29 is 14.3 Å². The zero-order valence-electron chi connectivity index (χ0n) is 9.99. The monoisotopic (exact) mass is 226 g/mol. The van der Waals surface area contributed by atoms with Crippen molar-refractivity contribution in [1.29, 1.82) is 0 Å². The van der Waals surface area contributed by atoms with Crippen molar-refractivity contribution in [2.45, 2.75) is 33.7 Å². The minimum atomic E-state index is -0.779. The van der Waals surface area contributed by atoms with E-state index < -0.39 is 5.97 Å². The van der Waals surface area contributed by atoms with Gasteiger partial charge in [-0.2, -0.15) is 0 Å². The predicted molar refractivity (Wildman–Crippen MR) is 59.2 cm³/mol. The molecule has 0 spiro atoms. The summed E-state index contributed by atoms with van der Waals surface area (Å²) >= 11 is 0. The number of aromatic nitrogens is 1. The van der Waals surface area contributed by atoms with Gasteiger partial charge in [-0.3, -0.25) is 9.69 Å². The summed E-state index contributed by atoms with van der Waals surface area (Å²) in [7, 11) is 0. The zero-order valence-corrected chi connectivity index (χ0v) is 9.99. The van der Waals surface area contributed by atoms with Gasteiger partial charge in [0.05, 0.1) is 18.7 Å². The average molecular weight is 226 g/mol. The number of carboxylic acids is 1. The third-order valence-electron chi connectivity index (χ3n) is 2.52. The van der Waals surface area contributed by atoms with E-state index in [0.717, 1.165) is 18.0 Å². The van der Waals surface area contributed by atoms with Crippen LogP contribution in [0.5, 0.6) is 0 Å². The van der Waals surface area contributed by atoms with Gasteiger partial charge < -0.3 is 9.52 Å². The Labute approximate surface area is 95.1 Å². The number of hydrogen-bond donors (Lipinski definition) is 1. The molecular weight excluding hydrogens is 208 g/mol. The van der Waals surface area contributed by atoms with Crippen LogP contribution in [-0.2, 0) is 11.3 Å². The number of carbonyl (C=O) groups is 1. The third-order valence-corrected chi connectivity index (χ3v) is 2.52. The van der Waals surface area contributed by atoms with Gasteiger partial charge in [0, 0.05) is 6.54 Å². The number of aliphatic carboxylic acids is 1. The van der Waals surface area contributed by atoms with E-state index in [1.54, 1.807) is 0 Å². The molecule has 0 saturated carbocycles. The highest BCUT2D eigenvalue weighted by Crippen LogP contribution is 2.10. The van der Waals surface area contributed by atoms with Gasteiger partial charge >= 0.3 is 5.97 Å². The molecule has 0 bridgehead atoms. The van der Waals surface area contributed by atoms with Crippen molar-refractivity contribution in [1.82, 2.24) is 9.88 Å². The van der Waals surface area contributed by atoms with Crippen molar-refractivity contribution in [2.75, 3.05) is 13.1 Å². The molecule has 0 aliphatic rings. The fraction of sp³-hybridized carbons (Fsp3) is 0.636. The summed E-state index contributed by atoms with van der Waals surface area (Å²) in [5.74, 6) is 0.699. The Bertz CT molecular complexity index is 341. The average Bonchev–Trinajstić information content (AvgIpc) is 2.52. The number of hydrogen-bond acceptors (Lipinski definition) is 4. The van der Waals surface area contributed by atoms with Crippen molar-refractivity contribution in [3.8, 4) is 0 Å². The lowest BCUT2D eigenvalue weighted by Gasteiger charge is -2.16. The maximum absolute atomic E-state index is 10.5. The van der Waals surface area contributed by atoms with Crippen molar-refractivity contribution in [3.05, 3.63) is 17.3 Å². The summed E-state index contributed by atoms with van der Waals surface area (Å²) in [4.78, 5) is 16.7. The normalized spacial score (nSPS) is 11.0. The van der Waals surface area contributed by atoms with Crippen LogP contribution in [0.2, 0.25) is 0 Å². The SMILES string of the molecule is CCN(CCC(=O)O)Cc1nc(C)c(C)o1. The topological polar surface area (TPSA) is 66.6 Å². The first-order valence-electron chi connectivity index (χ1n) is 5.40. The summed E-state index contributed by atoms with van der Waals surface area (Å²) in [6, 6.07) is 0. The van der Waals surface area contributed by atoms with Gasteiger partial charge in [-0.05, 0) is 20.4 Å². The third kappa shape index (κ3) is 3.66. The Balaban J connectivity index is 2.52. The zero-order chi connectivity index (χ0) is 12.1. The Morgan fingerprint density at radius 2 is 2.19 bits per heavy atom. The molecule has 0 aliphatic carbocycles. The van der Waals surface area contributed by atoms with E-state index in [2.05, 4.69) is 4.98 Å². The van der Waals surface area contributed by atoms with Crippen molar-refractivity contribution in [2.24, 2.45) is 0 Å². The van der Waals surface area contributed by atoms with Crippen LogP contribution < -0.4 is 0 Å². The minimum absolute atomic E-state index is 0.145. The van der Waals surface area contributed by atoms with Crippen molar-refractivity contribution in [3.63, 3.8) is 0 Å². The summed E-state index contributed by atoms with van der Waals surface area (Å²) in [6.45, 7) is 7.64.